The predicted molar refractivity (Wildman–Crippen MR) is 107 cm³/mol. The summed E-state index contributed by atoms with van der Waals surface area (Å²) in [6.07, 6.45) is 1.97. The molecule has 2 aromatic rings. The number of anilines is 1. The Kier molecular flexibility index (Phi) is 7.43. The number of rotatable bonds is 9. The topological polar surface area (TPSA) is 94.5 Å². The molecule has 2 amide bonds. The van der Waals surface area contributed by atoms with Crippen molar-refractivity contribution in [2.24, 2.45) is 7.05 Å². The molecule has 2 rings (SSSR count). The second-order valence-electron chi connectivity index (χ2n) is 6.47. The number of ether oxygens (including phenoxy) is 2. The Balaban J connectivity index is 1.95. The number of unbranched alkanes of at least 4 members (excludes halogenated alkanes) is 1. The molecule has 0 spiro atoms. The van der Waals surface area contributed by atoms with Gasteiger partial charge in [-0.25, -0.2) is 0 Å². The molecule has 0 fully saturated rings. The van der Waals surface area contributed by atoms with Crippen LogP contribution in [0.15, 0.2) is 18.2 Å². The van der Waals surface area contributed by atoms with Crippen molar-refractivity contribution in [3.8, 4) is 11.5 Å². The molecule has 0 unspecified atom stereocenters. The molecule has 0 radical (unpaired) electrons. The third-order valence-electron chi connectivity index (χ3n) is 4.36. The number of amides is 2. The molecule has 8 nitrogen and oxygen atoms in total. The molecular weight excluding hydrogens is 360 g/mol. The fraction of sp³-hybridized carbons (Fsp3) is 0.450. The highest BCUT2D eigenvalue weighted by atomic mass is 16.5. The lowest BCUT2D eigenvalue weighted by Gasteiger charge is -2.12. The first-order chi connectivity index (χ1) is 13.4. The van der Waals surface area contributed by atoms with Crippen LogP contribution in [0.2, 0.25) is 0 Å². The van der Waals surface area contributed by atoms with Crippen molar-refractivity contribution in [1.29, 1.82) is 0 Å². The van der Waals surface area contributed by atoms with Crippen LogP contribution in [-0.2, 0) is 11.8 Å². The second kappa shape index (κ2) is 9.77. The van der Waals surface area contributed by atoms with Gasteiger partial charge >= 0.3 is 0 Å². The van der Waals surface area contributed by atoms with Crippen molar-refractivity contribution in [2.45, 2.75) is 33.6 Å². The number of aryl methyl sites for hydroxylation is 2. The number of nitrogens with zero attached hydrogens (tertiary/aromatic N) is 2. The van der Waals surface area contributed by atoms with Crippen LogP contribution in [0.25, 0.3) is 0 Å². The molecule has 1 heterocycles. The molecule has 0 aliphatic rings. The van der Waals surface area contributed by atoms with E-state index < -0.39 is 0 Å². The van der Waals surface area contributed by atoms with Gasteiger partial charge in [0.15, 0.2) is 11.5 Å². The minimum atomic E-state index is -0.367. The number of hydrogen-bond donors (Lipinski definition) is 2. The number of methoxy groups -OCH3 is 1. The van der Waals surface area contributed by atoms with E-state index >= 15 is 0 Å². The molecule has 8 heteroatoms. The molecular formula is C20H28N4O4. The van der Waals surface area contributed by atoms with Gasteiger partial charge < -0.3 is 20.1 Å². The van der Waals surface area contributed by atoms with E-state index in [1.165, 1.54) is 7.11 Å². The largest absolute Gasteiger partial charge is 0.493 e. The van der Waals surface area contributed by atoms with Gasteiger partial charge in [0.25, 0.3) is 5.91 Å². The molecule has 0 saturated heterocycles. The Morgan fingerprint density at radius 1 is 1.21 bits per heavy atom. The summed E-state index contributed by atoms with van der Waals surface area (Å²) >= 11 is 0. The van der Waals surface area contributed by atoms with Crippen LogP contribution in [0.5, 0.6) is 11.5 Å². The molecule has 152 valence electrons. The molecule has 2 N–H and O–H groups in total. The van der Waals surface area contributed by atoms with Crippen LogP contribution in [0, 0.1) is 13.8 Å². The van der Waals surface area contributed by atoms with Gasteiger partial charge in [-0.05, 0) is 38.5 Å². The zero-order valence-electron chi connectivity index (χ0n) is 17.1. The van der Waals surface area contributed by atoms with Gasteiger partial charge in [-0.15, -0.1) is 0 Å². The van der Waals surface area contributed by atoms with E-state index in [0.717, 1.165) is 24.2 Å². The lowest BCUT2D eigenvalue weighted by Crippen LogP contribution is -2.33. The van der Waals surface area contributed by atoms with Gasteiger partial charge in [-0.2, -0.15) is 5.10 Å². The van der Waals surface area contributed by atoms with E-state index in [9.17, 15) is 9.59 Å². The van der Waals surface area contributed by atoms with Gasteiger partial charge in [0.05, 0.1) is 37.3 Å². The maximum Gasteiger partial charge on any atom is 0.251 e. The van der Waals surface area contributed by atoms with Crippen LogP contribution in [0.1, 0.15) is 41.5 Å². The minimum absolute atomic E-state index is 0.149. The average Bonchev–Trinajstić information content (AvgIpc) is 2.92. The van der Waals surface area contributed by atoms with E-state index in [-0.39, 0.29) is 18.4 Å². The van der Waals surface area contributed by atoms with E-state index in [2.05, 4.69) is 22.7 Å². The van der Waals surface area contributed by atoms with Crippen molar-refractivity contribution in [3.63, 3.8) is 0 Å². The summed E-state index contributed by atoms with van der Waals surface area (Å²) in [5.41, 5.74) is 2.63. The maximum absolute atomic E-state index is 12.4. The van der Waals surface area contributed by atoms with Crippen molar-refractivity contribution in [3.05, 3.63) is 35.2 Å². The van der Waals surface area contributed by atoms with Crippen molar-refractivity contribution >= 4 is 17.5 Å². The first kappa shape index (κ1) is 21.3. The van der Waals surface area contributed by atoms with Gasteiger partial charge in [0.2, 0.25) is 5.91 Å². The fourth-order valence-electron chi connectivity index (χ4n) is 2.66. The third-order valence-corrected chi connectivity index (χ3v) is 4.36. The Morgan fingerprint density at radius 2 is 1.96 bits per heavy atom. The monoisotopic (exact) mass is 388 g/mol. The second-order valence-corrected chi connectivity index (χ2v) is 6.47. The molecule has 1 aromatic carbocycles. The zero-order valence-corrected chi connectivity index (χ0v) is 17.1. The quantitative estimate of drug-likeness (QED) is 0.644. The predicted octanol–water partition coefficient (Wildman–Crippen LogP) is 2.59. The summed E-state index contributed by atoms with van der Waals surface area (Å²) in [5, 5.41) is 9.65. The average molecular weight is 388 g/mol. The number of benzene rings is 1. The Morgan fingerprint density at radius 3 is 2.57 bits per heavy atom. The number of carbonyl (C=O) groups excluding carboxylic acids is 2. The summed E-state index contributed by atoms with van der Waals surface area (Å²) in [6.45, 7) is 6.21. The zero-order chi connectivity index (χ0) is 20.7. The highest BCUT2D eigenvalue weighted by molar-refractivity contribution is 6.00. The molecule has 28 heavy (non-hydrogen) atoms. The highest BCUT2D eigenvalue weighted by Crippen LogP contribution is 2.28. The maximum atomic E-state index is 12.4. The van der Waals surface area contributed by atoms with Crippen LogP contribution in [0.3, 0.4) is 0 Å². The standard InChI is InChI=1S/C20H28N4O4/c1-6-7-10-28-16-9-8-15(11-17(16)27-5)20(26)21-12-18(25)22-19-13(2)23-24(4)14(19)3/h8-9,11H,6-7,10,12H2,1-5H3,(H,21,26)(H,22,25). The Bertz CT molecular complexity index is 845. The van der Waals surface area contributed by atoms with Gasteiger partial charge in [0.1, 0.15) is 0 Å². The number of aromatic nitrogens is 2. The van der Waals surface area contributed by atoms with Crippen molar-refractivity contribution < 1.29 is 19.1 Å². The fourth-order valence-corrected chi connectivity index (χ4v) is 2.66. The SMILES string of the molecule is CCCCOc1ccc(C(=O)NCC(=O)Nc2c(C)nn(C)c2C)cc1OC. The van der Waals surface area contributed by atoms with E-state index in [4.69, 9.17) is 9.47 Å². The van der Waals surface area contributed by atoms with Gasteiger partial charge in [-0.3, -0.25) is 14.3 Å². The molecule has 0 aliphatic carbocycles. The van der Waals surface area contributed by atoms with Crippen LogP contribution in [0.4, 0.5) is 5.69 Å². The van der Waals surface area contributed by atoms with Gasteiger partial charge in [-0.1, -0.05) is 13.3 Å². The first-order valence-electron chi connectivity index (χ1n) is 9.26. The Hall–Kier alpha value is -3.03. The molecule has 0 bridgehead atoms. The third kappa shape index (κ3) is 5.25. The molecule has 1 aromatic heterocycles. The van der Waals surface area contributed by atoms with E-state index in [1.54, 1.807) is 22.9 Å². The van der Waals surface area contributed by atoms with Crippen LogP contribution >= 0.6 is 0 Å². The summed E-state index contributed by atoms with van der Waals surface area (Å²) in [4.78, 5) is 24.6. The van der Waals surface area contributed by atoms with Crippen LogP contribution in [-0.4, -0.2) is 41.9 Å². The van der Waals surface area contributed by atoms with Crippen LogP contribution < -0.4 is 20.1 Å². The normalized spacial score (nSPS) is 10.5. The summed E-state index contributed by atoms with van der Waals surface area (Å²) in [5.74, 6) is 0.384. The van der Waals surface area contributed by atoms with E-state index in [0.29, 0.717) is 29.4 Å². The molecule has 0 aliphatic heterocycles. The minimum Gasteiger partial charge on any atom is -0.493 e. The highest BCUT2D eigenvalue weighted by Gasteiger charge is 2.15. The Labute approximate surface area is 165 Å². The first-order valence-corrected chi connectivity index (χ1v) is 9.26. The van der Waals surface area contributed by atoms with Crippen molar-refractivity contribution in [2.75, 3.05) is 25.6 Å². The number of hydrogen-bond acceptors (Lipinski definition) is 5. The smallest absolute Gasteiger partial charge is 0.251 e. The lowest BCUT2D eigenvalue weighted by atomic mass is 10.2. The van der Waals surface area contributed by atoms with Gasteiger partial charge in [0, 0.05) is 12.6 Å². The summed E-state index contributed by atoms with van der Waals surface area (Å²) in [7, 11) is 3.33. The lowest BCUT2D eigenvalue weighted by molar-refractivity contribution is -0.115. The summed E-state index contributed by atoms with van der Waals surface area (Å²) in [6, 6.07) is 4.95. The van der Waals surface area contributed by atoms with Crippen molar-refractivity contribution in [1.82, 2.24) is 15.1 Å². The molecule has 0 atom stereocenters. The summed E-state index contributed by atoms with van der Waals surface area (Å²) < 4.78 is 12.7. The number of nitrogens with one attached hydrogen (secondary N) is 2. The number of carbonyl (C=O) groups is 2. The van der Waals surface area contributed by atoms with E-state index in [1.807, 2.05) is 20.9 Å². The molecule has 0 saturated carbocycles.